The Hall–Kier alpha value is -1.09. The number of rotatable bonds is 2. The largest absolute Gasteiger partial charge is 0.381 e. The van der Waals surface area contributed by atoms with E-state index in [1.807, 2.05) is 24.4 Å². The van der Waals surface area contributed by atoms with Gasteiger partial charge in [0, 0.05) is 26.9 Å². The molecule has 1 aromatic heterocycles. The SMILES string of the molecule is [HH].c1ccc(NC2CCOCC2)nc1. The predicted octanol–water partition coefficient (Wildman–Crippen LogP) is 1.92. The first-order valence-electron chi connectivity index (χ1n) is 4.70. The van der Waals surface area contributed by atoms with E-state index < -0.39 is 0 Å². The van der Waals surface area contributed by atoms with Gasteiger partial charge in [-0.3, -0.25) is 0 Å². The van der Waals surface area contributed by atoms with Crippen molar-refractivity contribution in [2.45, 2.75) is 18.9 Å². The van der Waals surface area contributed by atoms with Crippen LogP contribution in [-0.2, 0) is 4.74 Å². The van der Waals surface area contributed by atoms with E-state index >= 15 is 0 Å². The summed E-state index contributed by atoms with van der Waals surface area (Å²) in [6, 6.07) is 6.45. The lowest BCUT2D eigenvalue weighted by molar-refractivity contribution is 0.0904. The molecule has 0 amide bonds. The van der Waals surface area contributed by atoms with Crippen LogP contribution in [0.2, 0.25) is 0 Å². The van der Waals surface area contributed by atoms with Crippen LogP contribution >= 0.6 is 0 Å². The van der Waals surface area contributed by atoms with E-state index in [0.29, 0.717) is 6.04 Å². The summed E-state index contributed by atoms with van der Waals surface area (Å²) in [4.78, 5) is 4.22. The number of pyridine rings is 1. The topological polar surface area (TPSA) is 34.1 Å². The van der Waals surface area contributed by atoms with Gasteiger partial charge in [0.25, 0.3) is 0 Å². The molecule has 2 heterocycles. The molecule has 3 nitrogen and oxygen atoms in total. The molecule has 1 saturated heterocycles. The van der Waals surface area contributed by atoms with Gasteiger partial charge < -0.3 is 10.1 Å². The van der Waals surface area contributed by atoms with Gasteiger partial charge in [-0.15, -0.1) is 0 Å². The summed E-state index contributed by atoms with van der Waals surface area (Å²) in [6.45, 7) is 1.73. The molecule has 0 radical (unpaired) electrons. The van der Waals surface area contributed by atoms with Crippen LogP contribution in [0, 0.1) is 0 Å². The van der Waals surface area contributed by atoms with Crippen LogP contribution in [0.15, 0.2) is 24.4 Å². The molecule has 1 aliphatic rings. The number of nitrogens with zero attached hydrogens (tertiary/aromatic N) is 1. The zero-order valence-electron chi connectivity index (χ0n) is 7.57. The summed E-state index contributed by atoms with van der Waals surface area (Å²) in [5, 5.41) is 3.39. The Kier molecular flexibility index (Phi) is 2.77. The molecule has 1 aliphatic heterocycles. The van der Waals surface area contributed by atoms with Gasteiger partial charge in [-0.1, -0.05) is 6.07 Å². The predicted molar refractivity (Wildman–Crippen MR) is 53.8 cm³/mol. The highest BCUT2D eigenvalue weighted by Gasteiger charge is 2.12. The molecular weight excluding hydrogens is 164 g/mol. The second-order valence-electron chi connectivity index (χ2n) is 3.25. The fourth-order valence-electron chi connectivity index (χ4n) is 1.50. The van der Waals surface area contributed by atoms with Gasteiger partial charge in [0.05, 0.1) is 0 Å². The number of hydrogen-bond donors (Lipinski definition) is 1. The first kappa shape index (κ1) is 8.51. The van der Waals surface area contributed by atoms with Gasteiger partial charge in [0.1, 0.15) is 5.82 Å². The lowest BCUT2D eigenvalue weighted by Crippen LogP contribution is -2.28. The van der Waals surface area contributed by atoms with Crippen molar-refractivity contribution in [1.29, 1.82) is 0 Å². The van der Waals surface area contributed by atoms with Crippen molar-refractivity contribution < 1.29 is 6.16 Å². The van der Waals surface area contributed by atoms with Crippen molar-refractivity contribution in [3.05, 3.63) is 24.4 Å². The number of aromatic nitrogens is 1. The van der Waals surface area contributed by atoms with Crippen LogP contribution in [-0.4, -0.2) is 24.2 Å². The first-order valence-corrected chi connectivity index (χ1v) is 4.70. The van der Waals surface area contributed by atoms with Crippen LogP contribution < -0.4 is 5.32 Å². The van der Waals surface area contributed by atoms with E-state index in [1.165, 1.54) is 0 Å². The first-order chi connectivity index (χ1) is 6.45. The summed E-state index contributed by atoms with van der Waals surface area (Å²) in [5.74, 6) is 0.967. The quantitative estimate of drug-likeness (QED) is 0.755. The second kappa shape index (κ2) is 4.23. The van der Waals surface area contributed by atoms with Crippen LogP contribution in [0.4, 0.5) is 5.82 Å². The number of ether oxygens (including phenoxy) is 1. The summed E-state index contributed by atoms with van der Waals surface area (Å²) in [6.07, 6.45) is 3.97. The zero-order valence-corrected chi connectivity index (χ0v) is 7.57. The normalized spacial score (nSPS) is 18.5. The summed E-state index contributed by atoms with van der Waals surface area (Å²) in [5.41, 5.74) is 0. The van der Waals surface area contributed by atoms with E-state index in [0.717, 1.165) is 31.9 Å². The van der Waals surface area contributed by atoms with Gasteiger partial charge in [-0.2, -0.15) is 0 Å². The van der Waals surface area contributed by atoms with Gasteiger partial charge in [-0.25, -0.2) is 4.98 Å². The molecule has 2 rings (SSSR count). The van der Waals surface area contributed by atoms with Crippen molar-refractivity contribution in [1.82, 2.24) is 4.98 Å². The lowest BCUT2D eigenvalue weighted by Gasteiger charge is -2.23. The minimum Gasteiger partial charge on any atom is -0.381 e. The minimum absolute atomic E-state index is 0. The highest BCUT2D eigenvalue weighted by Crippen LogP contribution is 2.12. The molecule has 0 bridgehead atoms. The molecule has 0 aliphatic carbocycles. The number of hydrogen-bond acceptors (Lipinski definition) is 3. The maximum absolute atomic E-state index is 5.28. The van der Waals surface area contributed by atoms with E-state index in [4.69, 9.17) is 4.74 Å². The average Bonchev–Trinajstić information content (AvgIpc) is 2.21. The third-order valence-corrected chi connectivity index (χ3v) is 2.24. The molecular formula is C10H16N2O. The molecule has 1 fully saturated rings. The van der Waals surface area contributed by atoms with E-state index in [9.17, 15) is 0 Å². The van der Waals surface area contributed by atoms with Crippen LogP contribution in [0.25, 0.3) is 0 Å². The smallest absolute Gasteiger partial charge is 0.126 e. The molecule has 1 aromatic rings. The minimum atomic E-state index is 0. The Morgan fingerprint density at radius 2 is 2.23 bits per heavy atom. The lowest BCUT2D eigenvalue weighted by atomic mass is 10.1. The maximum Gasteiger partial charge on any atom is 0.126 e. The van der Waals surface area contributed by atoms with Crippen LogP contribution in [0.3, 0.4) is 0 Å². The average molecular weight is 180 g/mol. The summed E-state index contributed by atoms with van der Waals surface area (Å²) in [7, 11) is 0. The van der Waals surface area contributed by atoms with Gasteiger partial charge in [0.2, 0.25) is 0 Å². The van der Waals surface area contributed by atoms with Crippen molar-refractivity contribution in [2.75, 3.05) is 18.5 Å². The molecule has 0 aromatic carbocycles. The summed E-state index contributed by atoms with van der Waals surface area (Å²) >= 11 is 0. The molecule has 0 unspecified atom stereocenters. The fourth-order valence-corrected chi connectivity index (χ4v) is 1.50. The van der Waals surface area contributed by atoms with Gasteiger partial charge in [0.15, 0.2) is 0 Å². The highest BCUT2D eigenvalue weighted by atomic mass is 16.5. The number of anilines is 1. The monoisotopic (exact) mass is 180 g/mol. The van der Waals surface area contributed by atoms with Gasteiger partial charge in [-0.05, 0) is 25.0 Å². The fraction of sp³-hybridized carbons (Fsp3) is 0.500. The van der Waals surface area contributed by atoms with E-state index in [-0.39, 0.29) is 1.43 Å². The molecule has 0 spiro atoms. The molecule has 13 heavy (non-hydrogen) atoms. The van der Waals surface area contributed by atoms with Crippen molar-refractivity contribution >= 4 is 5.82 Å². The molecule has 72 valence electrons. The van der Waals surface area contributed by atoms with E-state index in [1.54, 1.807) is 0 Å². The third-order valence-electron chi connectivity index (χ3n) is 2.24. The van der Waals surface area contributed by atoms with Crippen LogP contribution in [0.5, 0.6) is 0 Å². The number of nitrogens with one attached hydrogen (secondary N) is 1. The second-order valence-corrected chi connectivity index (χ2v) is 3.25. The zero-order chi connectivity index (χ0) is 8.93. The third kappa shape index (κ3) is 2.42. The standard InChI is InChI=1S/C10H14N2O.H2/c1-2-6-11-10(3-1)12-9-4-7-13-8-5-9;/h1-3,6,9H,4-5,7-8H2,(H,11,12);1H. The van der Waals surface area contributed by atoms with Gasteiger partial charge >= 0.3 is 0 Å². The Morgan fingerprint density at radius 3 is 2.92 bits per heavy atom. The molecule has 0 atom stereocenters. The van der Waals surface area contributed by atoms with Crippen LogP contribution in [0.1, 0.15) is 14.3 Å². The van der Waals surface area contributed by atoms with Crippen molar-refractivity contribution in [3.8, 4) is 0 Å². The summed E-state index contributed by atoms with van der Waals surface area (Å²) < 4.78 is 5.28. The van der Waals surface area contributed by atoms with Crippen molar-refractivity contribution in [3.63, 3.8) is 0 Å². The Morgan fingerprint density at radius 1 is 1.38 bits per heavy atom. The molecule has 3 heteroatoms. The Labute approximate surface area is 79.6 Å². The van der Waals surface area contributed by atoms with E-state index in [2.05, 4.69) is 10.3 Å². The Balaban J connectivity index is 0.000000980. The molecule has 1 N–H and O–H groups in total. The van der Waals surface area contributed by atoms with Crippen molar-refractivity contribution in [2.24, 2.45) is 0 Å². The Bertz CT molecular complexity index is 250. The maximum atomic E-state index is 5.28. The highest BCUT2D eigenvalue weighted by molar-refractivity contribution is 5.34. The molecule has 0 saturated carbocycles.